The molecule has 1 unspecified atom stereocenters. The SMILES string of the molecule is CC(O)(C#N)c1[nH]ncc1C12CC3CC(CC(C3)C1)C2. The summed E-state index contributed by atoms with van der Waals surface area (Å²) in [7, 11) is 0. The molecule has 1 heterocycles. The minimum atomic E-state index is -1.46. The topological polar surface area (TPSA) is 72.7 Å². The summed E-state index contributed by atoms with van der Waals surface area (Å²) < 4.78 is 0. The molecule has 0 aromatic carbocycles. The molecule has 2 N–H and O–H groups in total. The lowest BCUT2D eigenvalue weighted by molar-refractivity contribution is -0.00757. The van der Waals surface area contributed by atoms with Crippen LogP contribution in [0.15, 0.2) is 6.20 Å². The Bertz CT molecular complexity index is 546. The first-order valence-corrected chi connectivity index (χ1v) is 7.70. The van der Waals surface area contributed by atoms with Crippen molar-refractivity contribution >= 4 is 0 Å². The van der Waals surface area contributed by atoms with Crippen LogP contribution in [0.4, 0.5) is 0 Å². The van der Waals surface area contributed by atoms with Crippen molar-refractivity contribution in [3.8, 4) is 6.07 Å². The molecule has 1 aromatic heterocycles. The molecule has 4 aliphatic carbocycles. The summed E-state index contributed by atoms with van der Waals surface area (Å²) in [6.45, 7) is 1.56. The van der Waals surface area contributed by atoms with Crippen molar-refractivity contribution in [1.29, 1.82) is 5.26 Å². The first kappa shape index (κ1) is 12.4. The van der Waals surface area contributed by atoms with Gasteiger partial charge in [0.1, 0.15) is 6.07 Å². The number of nitriles is 1. The van der Waals surface area contributed by atoms with Crippen molar-refractivity contribution in [3.63, 3.8) is 0 Å². The molecular weight excluding hydrogens is 250 g/mol. The quantitative estimate of drug-likeness (QED) is 0.812. The summed E-state index contributed by atoms with van der Waals surface area (Å²) in [6.07, 6.45) is 9.69. The van der Waals surface area contributed by atoms with E-state index in [0.717, 1.165) is 23.3 Å². The van der Waals surface area contributed by atoms with Crippen LogP contribution in [0.5, 0.6) is 0 Å². The van der Waals surface area contributed by atoms with Crippen LogP contribution in [0.2, 0.25) is 0 Å². The first-order chi connectivity index (χ1) is 9.52. The Labute approximate surface area is 119 Å². The average molecular weight is 271 g/mol. The van der Waals surface area contributed by atoms with Gasteiger partial charge in [0.2, 0.25) is 0 Å². The van der Waals surface area contributed by atoms with Crippen LogP contribution in [-0.2, 0) is 11.0 Å². The molecule has 5 rings (SSSR count). The Balaban J connectivity index is 1.79. The Kier molecular flexibility index (Phi) is 2.39. The zero-order chi connectivity index (χ0) is 14.0. The van der Waals surface area contributed by atoms with Crippen molar-refractivity contribution in [1.82, 2.24) is 10.2 Å². The Morgan fingerprint density at radius 3 is 2.35 bits per heavy atom. The van der Waals surface area contributed by atoms with Gasteiger partial charge in [0, 0.05) is 5.56 Å². The van der Waals surface area contributed by atoms with Crippen molar-refractivity contribution in [3.05, 3.63) is 17.5 Å². The van der Waals surface area contributed by atoms with E-state index < -0.39 is 5.60 Å². The third-order valence-electron chi connectivity index (χ3n) is 5.95. The fraction of sp³-hybridized carbons (Fsp3) is 0.750. The zero-order valence-corrected chi connectivity index (χ0v) is 11.9. The fourth-order valence-electron chi connectivity index (χ4n) is 5.56. The molecule has 4 aliphatic rings. The van der Waals surface area contributed by atoms with E-state index in [4.69, 9.17) is 0 Å². The van der Waals surface area contributed by atoms with Crippen molar-refractivity contribution < 1.29 is 5.11 Å². The minimum absolute atomic E-state index is 0.165. The second kappa shape index (κ2) is 3.85. The number of aliphatic hydroxyl groups is 1. The van der Waals surface area contributed by atoms with E-state index in [1.54, 1.807) is 6.92 Å². The van der Waals surface area contributed by atoms with Gasteiger partial charge < -0.3 is 5.11 Å². The van der Waals surface area contributed by atoms with Crippen LogP contribution in [-0.4, -0.2) is 15.3 Å². The van der Waals surface area contributed by atoms with Gasteiger partial charge in [-0.1, -0.05) is 0 Å². The standard InChI is InChI=1S/C16H21N3O/c1-15(20,9-17)14-13(8-18-19-14)16-5-10-2-11(6-16)4-12(3-10)7-16/h8,10-12,20H,2-7H2,1H3,(H,18,19). The van der Waals surface area contributed by atoms with Crippen LogP contribution in [0.3, 0.4) is 0 Å². The highest BCUT2D eigenvalue weighted by atomic mass is 16.3. The molecule has 106 valence electrons. The van der Waals surface area contributed by atoms with E-state index in [1.807, 2.05) is 12.3 Å². The zero-order valence-electron chi connectivity index (χ0n) is 11.9. The van der Waals surface area contributed by atoms with E-state index in [2.05, 4.69) is 10.2 Å². The van der Waals surface area contributed by atoms with Gasteiger partial charge in [0.25, 0.3) is 0 Å². The summed E-state index contributed by atoms with van der Waals surface area (Å²) in [5.74, 6) is 2.53. The highest BCUT2D eigenvalue weighted by Crippen LogP contribution is 2.61. The molecule has 4 fully saturated rings. The molecule has 0 radical (unpaired) electrons. The summed E-state index contributed by atoms with van der Waals surface area (Å²) in [4.78, 5) is 0. The lowest BCUT2D eigenvalue weighted by atomic mass is 9.48. The molecule has 0 amide bonds. The highest BCUT2D eigenvalue weighted by molar-refractivity contribution is 5.36. The maximum Gasteiger partial charge on any atom is 0.190 e. The van der Waals surface area contributed by atoms with Crippen molar-refractivity contribution in [2.45, 2.75) is 56.5 Å². The monoisotopic (exact) mass is 271 g/mol. The molecule has 0 spiro atoms. The second-order valence-corrected chi connectivity index (χ2v) is 7.54. The molecule has 1 aromatic rings. The molecule has 4 heteroatoms. The van der Waals surface area contributed by atoms with E-state index in [0.29, 0.717) is 5.69 Å². The minimum Gasteiger partial charge on any atom is -0.370 e. The summed E-state index contributed by atoms with van der Waals surface area (Å²) in [5.41, 5.74) is 0.442. The molecule has 4 bridgehead atoms. The maximum atomic E-state index is 10.3. The van der Waals surface area contributed by atoms with Crippen LogP contribution in [0.1, 0.15) is 56.7 Å². The predicted octanol–water partition coefficient (Wildman–Crippen LogP) is 2.61. The van der Waals surface area contributed by atoms with Crippen LogP contribution in [0, 0.1) is 29.1 Å². The van der Waals surface area contributed by atoms with Gasteiger partial charge in [-0.3, -0.25) is 5.10 Å². The van der Waals surface area contributed by atoms with Crippen molar-refractivity contribution in [2.24, 2.45) is 17.8 Å². The number of nitrogens with one attached hydrogen (secondary N) is 1. The van der Waals surface area contributed by atoms with Gasteiger partial charge in [0.15, 0.2) is 5.60 Å². The molecular formula is C16H21N3O. The normalized spacial score (nSPS) is 41.4. The molecule has 1 atom stereocenters. The highest BCUT2D eigenvalue weighted by Gasteiger charge is 2.53. The van der Waals surface area contributed by atoms with E-state index in [1.165, 1.54) is 38.5 Å². The number of aromatic nitrogens is 2. The number of nitrogens with zero attached hydrogens (tertiary/aromatic N) is 2. The van der Waals surface area contributed by atoms with Gasteiger partial charge in [0.05, 0.1) is 11.9 Å². The summed E-state index contributed by atoms with van der Waals surface area (Å²) in [6, 6.07) is 2.00. The third-order valence-corrected chi connectivity index (χ3v) is 5.95. The molecule has 0 aliphatic heterocycles. The maximum absolute atomic E-state index is 10.3. The lowest BCUT2D eigenvalue weighted by Gasteiger charge is -2.57. The van der Waals surface area contributed by atoms with Gasteiger partial charge in [-0.25, -0.2) is 0 Å². The van der Waals surface area contributed by atoms with Crippen molar-refractivity contribution in [2.75, 3.05) is 0 Å². The van der Waals surface area contributed by atoms with E-state index in [9.17, 15) is 10.4 Å². The third kappa shape index (κ3) is 1.59. The van der Waals surface area contributed by atoms with Crippen LogP contribution in [0.25, 0.3) is 0 Å². The second-order valence-electron chi connectivity index (χ2n) is 7.54. The first-order valence-electron chi connectivity index (χ1n) is 7.70. The summed E-state index contributed by atoms with van der Waals surface area (Å²) >= 11 is 0. The van der Waals surface area contributed by atoms with E-state index >= 15 is 0 Å². The predicted molar refractivity (Wildman–Crippen MR) is 73.6 cm³/mol. The largest absolute Gasteiger partial charge is 0.370 e. The van der Waals surface area contributed by atoms with E-state index in [-0.39, 0.29) is 5.41 Å². The molecule has 4 saturated carbocycles. The van der Waals surface area contributed by atoms with Gasteiger partial charge in [-0.2, -0.15) is 10.4 Å². The number of H-pyrrole nitrogens is 1. The fourth-order valence-corrected chi connectivity index (χ4v) is 5.56. The van der Waals surface area contributed by atoms with Crippen LogP contribution < -0.4 is 0 Å². The summed E-state index contributed by atoms with van der Waals surface area (Å²) in [5, 5.41) is 26.6. The van der Waals surface area contributed by atoms with Gasteiger partial charge in [-0.05, 0) is 68.6 Å². The Morgan fingerprint density at radius 1 is 1.30 bits per heavy atom. The lowest BCUT2D eigenvalue weighted by Crippen LogP contribution is -2.49. The Hall–Kier alpha value is -1.34. The Morgan fingerprint density at radius 2 is 1.85 bits per heavy atom. The smallest absolute Gasteiger partial charge is 0.190 e. The molecule has 4 nitrogen and oxygen atoms in total. The molecule has 20 heavy (non-hydrogen) atoms. The number of hydrogen-bond acceptors (Lipinski definition) is 3. The van der Waals surface area contributed by atoms with Crippen LogP contribution >= 0.6 is 0 Å². The molecule has 0 saturated heterocycles. The number of rotatable bonds is 2. The van der Waals surface area contributed by atoms with Gasteiger partial charge in [-0.15, -0.1) is 0 Å². The number of aromatic amines is 1. The number of hydrogen-bond donors (Lipinski definition) is 2. The average Bonchev–Trinajstić information content (AvgIpc) is 2.87. The van der Waals surface area contributed by atoms with Gasteiger partial charge >= 0.3 is 0 Å².